The van der Waals surface area contributed by atoms with Crippen LogP contribution in [0.3, 0.4) is 0 Å². The maximum Gasteiger partial charge on any atom is 0.254 e. The van der Waals surface area contributed by atoms with Gasteiger partial charge in [0.05, 0.1) is 13.2 Å². The lowest BCUT2D eigenvalue weighted by Gasteiger charge is -2.40. The Hall–Kier alpha value is -3.12. The van der Waals surface area contributed by atoms with Gasteiger partial charge in [-0.05, 0) is 81.0 Å². The first-order valence-corrected chi connectivity index (χ1v) is 12.5. The van der Waals surface area contributed by atoms with Crippen molar-refractivity contribution in [2.24, 2.45) is 0 Å². The molecule has 0 saturated carbocycles. The molecule has 4 rings (SSSR count). The first-order chi connectivity index (χ1) is 16.2. The molecule has 1 aromatic heterocycles. The second-order valence-electron chi connectivity index (χ2n) is 9.74. The maximum absolute atomic E-state index is 13.8. The van der Waals surface area contributed by atoms with Gasteiger partial charge < -0.3 is 14.5 Å². The second-order valence-corrected chi connectivity index (χ2v) is 10.7. The molecule has 0 bridgehead atoms. The lowest BCUT2D eigenvalue weighted by atomic mass is 9.93. The fraction of sp³-hybridized carbons (Fsp3) is 0.357. The number of fused-ring (bicyclic) bond motifs is 1. The molecule has 2 heterocycles. The van der Waals surface area contributed by atoms with E-state index in [1.54, 1.807) is 23.3 Å². The zero-order chi connectivity index (χ0) is 24.5. The number of thiophene rings is 1. The molecule has 34 heavy (non-hydrogen) atoms. The van der Waals surface area contributed by atoms with E-state index in [1.165, 1.54) is 10.4 Å². The lowest BCUT2D eigenvalue weighted by Crippen LogP contribution is -2.52. The number of methoxy groups -OCH3 is 1. The summed E-state index contributed by atoms with van der Waals surface area (Å²) in [5.74, 6) is 0.605. The van der Waals surface area contributed by atoms with Crippen molar-refractivity contribution in [3.63, 3.8) is 0 Å². The zero-order valence-electron chi connectivity index (χ0n) is 20.5. The maximum atomic E-state index is 13.8. The van der Waals surface area contributed by atoms with E-state index in [4.69, 9.17) is 4.74 Å². The number of hydrogen-bond donors (Lipinski definition) is 0. The van der Waals surface area contributed by atoms with Gasteiger partial charge in [-0.25, -0.2) is 0 Å². The predicted octanol–water partition coefficient (Wildman–Crippen LogP) is 5.48. The molecule has 3 aromatic rings. The van der Waals surface area contributed by atoms with Crippen LogP contribution in [0.5, 0.6) is 5.75 Å². The number of ether oxygens (including phenoxy) is 1. The molecular weight excluding hydrogens is 444 g/mol. The monoisotopic (exact) mass is 476 g/mol. The first-order valence-electron chi connectivity index (χ1n) is 11.6. The van der Waals surface area contributed by atoms with Crippen LogP contribution in [0.4, 0.5) is 0 Å². The predicted molar refractivity (Wildman–Crippen MR) is 137 cm³/mol. The molecule has 2 aromatic carbocycles. The summed E-state index contributed by atoms with van der Waals surface area (Å²) in [7, 11) is 1.65. The van der Waals surface area contributed by atoms with E-state index < -0.39 is 5.54 Å². The van der Waals surface area contributed by atoms with E-state index in [1.807, 2.05) is 81.1 Å². The van der Waals surface area contributed by atoms with E-state index >= 15 is 0 Å². The van der Waals surface area contributed by atoms with Crippen LogP contribution in [-0.4, -0.2) is 47.4 Å². The Morgan fingerprint density at radius 3 is 2.35 bits per heavy atom. The quantitative estimate of drug-likeness (QED) is 0.490. The van der Waals surface area contributed by atoms with Gasteiger partial charge in [0.1, 0.15) is 12.3 Å². The van der Waals surface area contributed by atoms with Crippen LogP contribution in [0.2, 0.25) is 0 Å². The van der Waals surface area contributed by atoms with Gasteiger partial charge in [0.25, 0.3) is 5.91 Å². The van der Waals surface area contributed by atoms with Crippen molar-refractivity contribution >= 4 is 23.2 Å². The van der Waals surface area contributed by atoms with E-state index in [0.717, 1.165) is 23.3 Å². The summed E-state index contributed by atoms with van der Waals surface area (Å²) in [5, 5.41) is 2.09. The molecule has 0 spiro atoms. The van der Waals surface area contributed by atoms with E-state index in [-0.39, 0.29) is 24.4 Å². The number of carbonyl (C=O) groups excluding carboxylic acids is 2. The number of hydrogen-bond acceptors (Lipinski definition) is 4. The molecule has 0 radical (unpaired) electrons. The highest BCUT2D eigenvalue weighted by Crippen LogP contribution is 2.38. The minimum absolute atomic E-state index is 0.0301. The summed E-state index contributed by atoms with van der Waals surface area (Å²) in [6.07, 6.45) is 0.826. The summed E-state index contributed by atoms with van der Waals surface area (Å²) in [6.45, 7) is 8.57. The fourth-order valence-corrected chi connectivity index (χ4v) is 5.33. The normalized spacial score (nSPS) is 15.6. The smallest absolute Gasteiger partial charge is 0.254 e. The Labute approximate surface area is 206 Å². The van der Waals surface area contributed by atoms with Gasteiger partial charge in [-0.2, -0.15) is 0 Å². The van der Waals surface area contributed by atoms with Crippen molar-refractivity contribution in [3.05, 3.63) is 87.1 Å². The summed E-state index contributed by atoms with van der Waals surface area (Å²) < 4.78 is 5.33. The van der Waals surface area contributed by atoms with E-state index in [0.29, 0.717) is 12.1 Å². The lowest BCUT2D eigenvalue weighted by molar-refractivity contribution is -0.135. The van der Waals surface area contributed by atoms with Gasteiger partial charge in [0, 0.05) is 22.5 Å². The third kappa shape index (κ3) is 4.87. The van der Waals surface area contributed by atoms with E-state index in [2.05, 4.69) is 11.4 Å². The molecular formula is C28H32N2O3S. The number of rotatable bonds is 5. The van der Waals surface area contributed by atoms with Gasteiger partial charge in [0.2, 0.25) is 5.91 Å². The third-order valence-electron chi connectivity index (χ3n) is 6.36. The molecule has 1 atom stereocenters. The van der Waals surface area contributed by atoms with Gasteiger partial charge >= 0.3 is 0 Å². The molecule has 0 saturated heterocycles. The number of amides is 2. The van der Waals surface area contributed by atoms with Crippen molar-refractivity contribution < 1.29 is 14.3 Å². The highest BCUT2D eigenvalue weighted by molar-refractivity contribution is 7.10. The molecule has 1 aliphatic rings. The van der Waals surface area contributed by atoms with Gasteiger partial charge in [0.15, 0.2) is 0 Å². The fourth-order valence-electron chi connectivity index (χ4n) is 4.42. The molecule has 6 heteroatoms. The number of carbonyl (C=O) groups is 2. The van der Waals surface area contributed by atoms with E-state index in [9.17, 15) is 9.59 Å². The summed E-state index contributed by atoms with van der Waals surface area (Å²) in [4.78, 5) is 32.2. The second kappa shape index (κ2) is 9.63. The Morgan fingerprint density at radius 1 is 1.06 bits per heavy atom. The number of nitrogens with zero attached hydrogens (tertiary/aromatic N) is 2. The summed E-state index contributed by atoms with van der Waals surface area (Å²) >= 11 is 1.74. The van der Waals surface area contributed by atoms with Crippen LogP contribution >= 0.6 is 11.3 Å². The standard InChI is InChI=1S/C28H32N2O3S/c1-19-6-8-21(9-7-19)27(32)30(28(2,3)4)18-25(31)29-16-14-24-23(15-17-34-24)26(29)20-10-12-22(33-5)13-11-20/h6-13,15,17,26H,14,16,18H2,1-5H3. The van der Waals surface area contributed by atoms with Crippen molar-refractivity contribution in [2.75, 3.05) is 20.2 Å². The highest BCUT2D eigenvalue weighted by Gasteiger charge is 2.36. The van der Waals surface area contributed by atoms with Crippen molar-refractivity contribution in [3.8, 4) is 5.75 Å². The van der Waals surface area contributed by atoms with Crippen LogP contribution in [0.15, 0.2) is 60.0 Å². The topological polar surface area (TPSA) is 49.9 Å². The number of aryl methyl sites for hydroxylation is 1. The molecule has 178 valence electrons. The van der Waals surface area contributed by atoms with Gasteiger partial charge in [-0.1, -0.05) is 29.8 Å². The summed E-state index contributed by atoms with van der Waals surface area (Å²) in [6, 6.07) is 17.4. The largest absolute Gasteiger partial charge is 0.497 e. The molecule has 2 amide bonds. The Kier molecular flexibility index (Phi) is 6.80. The Bertz CT molecular complexity index is 1160. The average molecular weight is 477 g/mol. The minimum Gasteiger partial charge on any atom is -0.497 e. The van der Waals surface area contributed by atoms with Crippen LogP contribution in [0, 0.1) is 6.92 Å². The number of benzene rings is 2. The molecule has 0 aliphatic carbocycles. The zero-order valence-corrected chi connectivity index (χ0v) is 21.3. The van der Waals surface area contributed by atoms with Gasteiger partial charge in [-0.15, -0.1) is 11.3 Å². The Balaban J connectivity index is 1.64. The first kappa shape index (κ1) is 24.0. The van der Waals surface area contributed by atoms with Crippen LogP contribution in [0.1, 0.15) is 58.7 Å². The summed E-state index contributed by atoms with van der Waals surface area (Å²) in [5.41, 5.74) is 3.40. The minimum atomic E-state index is -0.503. The van der Waals surface area contributed by atoms with Crippen molar-refractivity contribution in [1.82, 2.24) is 9.80 Å². The molecule has 5 nitrogen and oxygen atoms in total. The SMILES string of the molecule is COc1ccc(C2c3ccsc3CCN2C(=O)CN(C(=O)c2ccc(C)cc2)C(C)(C)C)cc1. The molecule has 0 fully saturated rings. The molecule has 0 N–H and O–H groups in total. The third-order valence-corrected chi connectivity index (χ3v) is 7.36. The van der Waals surface area contributed by atoms with Crippen molar-refractivity contribution in [2.45, 2.75) is 45.7 Å². The molecule has 1 unspecified atom stereocenters. The van der Waals surface area contributed by atoms with Crippen molar-refractivity contribution in [1.29, 1.82) is 0 Å². The average Bonchev–Trinajstić information content (AvgIpc) is 3.30. The van der Waals surface area contributed by atoms with Gasteiger partial charge in [-0.3, -0.25) is 9.59 Å². The molecule has 1 aliphatic heterocycles. The van der Waals surface area contributed by atoms with Crippen LogP contribution < -0.4 is 4.74 Å². The van der Waals surface area contributed by atoms with Crippen LogP contribution in [-0.2, 0) is 11.2 Å². The highest BCUT2D eigenvalue weighted by atomic mass is 32.1. The Morgan fingerprint density at radius 2 is 1.74 bits per heavy atom. The van der Waals surface area contributed by atoms with Crippen LogP contribution in [0.25, 0.3) is 0 Å².